The first kappa shape index (κ1) is 24.6. The molecule has 9 nitrogen and oxygen atoms in total. The maximum atomic E-state index is 13.8. The number of rotatable bonds is 4. The monoisotopic (exact) mass is 491 g/mol. The summed E-state index contributed by atoms with van der Waals surface area (Å²) in [6.45, 7) is 7.51. The van der Waals surface area contributed by atoms with E-state index in [0.717, 1.165) is 6.07 Å². The average molecular weight is 491 g/mol. The van der Waals surface area contributed by atoms with Crippen LogP contribution in [0.1, 0.15) is 54.3 Å². The number of ether oxygens (including phenoxy) is 2. The molecule has 3 unspecified atom stereocenters. The number of aromatic amines is 1. The van der Waals surface area contributed by atoms with Crippen LogP contribution in [-0.2, 0) is 10.9 Å². The molecule has 1 aliphatic heterocycles. The Labute approximate surface area is 198 Å². The largest absolute Gasteiger partial charge is 0.470 e. The number of hydrogen-bond donors (Lipinski definition) is 1. The maximum absolute atomic E-state index is 13.8. The zero-order chi connectivity index (χ0) is 25.5. The van der Waals surface area contributed by atoms with Gasteiger partial charge in [0.2, 0.25) is 5.88 Å². The highest BCUT2D eigenvalue weighted by Gasteiger charge is 2.38. The molecule has 3 aromatic rings. The lowest BCUT2D eigenvalue weighted by molar-refractivity contribution is -0.142. The summed E-state index contributed by atoms with van der Waals surface area (Å²) >= 11 is 0. The lowest BCUT2D eigenvalue weighted by Gasteiger charge is -2.35. The minimum absolute atomic E-state index is 0.0157. The van der Waals surface area contributed by atoms with Crippen molar-refractivity contribution in [1.82, 2.24) is 24.8 Å². The van der Waals surface area contributed by atoms with E-state index in [2.05, 4.69) is 19.9 Å². The Kier molecular flexibility index (Phi) is 6.50. The number of pyridine rings is 2. The molecule has 4 rings (SSSR count). The highest BCUT2D eigenvalue weighted by atomic mass is 19.4. The molecular weight excluding hydrogens is 467 g/mol. The fraction of sp³-hybridized carbons (Fsp3) is 0.435. The number of amides is 1. The number of carbonyl (C=O) groups is 1. The third-order valence-corrected chi connectivity index (χ3v) is 5.54. The number of nitrogens with one attached hydrogen (secondary N) is 1. The van der Waals surface area contributed by atoms with E-state index in [1.807, 2.05) is 13.8 Å². The Hall–Kier alpha value is -3.54. The van der Waals surface area contributed by atoms with E-state index in [0.29, 0.717) is 18.7 Å². The van der Waals surface area contributed by atoms with Gasteiger partial charge in [-0.1, -0.05) is 0 Å². The van der Waals surface area contributed by atoms with Crippen LogP contribution in [0.2, 0.25) is 0 Å². The van der Waals surface area contributed by atoms with Crippen LogP contribution in [0.4, 0.5) is 13.2 Å². The van der Waals surface area contributed by atoms with Crippen LogP contribution in [-0.4, -0.2) is 56.0 Å². The Balaban J connectivity index is 1.59. The van der Waals surface area contributed by atoms with E-state index in [9.17, 15) is 22.8 Å². The molecule has 0 spiro atoms. The molecule has 0 aromatic carbocycles. The van der Waals surface area contributed by atoms with Crippen molar-refractivity contribution in [1.29, 1.82) is 0 Å². The molecule has 3 atom stereocenters. The number of fused-ring (bicyclic) bond motifs is 1. The van der Waals surface area contributed by atoms with Gasteiger partial charge in [0, 0.05) is 30.9 Å². The second kappa shape index (κ2) is 9.25. The summed E-state index contributed by atoms with van der Waals surface area (Å²) in [5.41, 5.74) is -2.11. The molecule has 35 heavy (non-hydrogen) atoms. The summed E-state index contributed by atoms with van der Waals surface area (Å²) in [6.07, 6.45) is -4.82. The van der Waals surface area contributed by atoms with E-state index in [-0.39, 0.29) is 46.4 Å². The summed E-state index contributed by atoms with van der Waals surface area (Å²) in [4.78, 5) is 40.8. The van der Waals surface area contributed by atoms with Gasteiger partial charge in [0.05, 0.1) is 23.2 Å². The van der Waals surface area contributed by atoms with Crippen LogP contribution in [0, 0.1) is 6.92 Å². The van der Waals surface area contributed by atoms with Crippen molar-refractivity contribution in [3.63, 3.8) is 0 Å². The number of halogens is 3. The summed E-state index contributed by atoms with van der Waals surface area (Å²) < 4.78 is 52.5. The van der Waals surface area contributed by atoms with Gasteiger partial charge in [0.1, 0.15) is 11.9 Å². The van der Waals surface area contributed by atoms with Crippen LogP contribution < -0.4 is 10.3 Å². The SMILES string of the molecule is Cc1nc2nc(C(F)(F)F)c(C(C)Oc3ccc(C(=O)N4CC(C)OC(C)C4)cn3)cc2c(=O)[nH]1. The van der Waals surface area contributed by atoms with Gasteiger partial charge < -0.3 is 19.4 Å². The highest BCUT2D eigenvalue weighted by molar-refractivity contribution is 5.94. The van der Waals surface area contributed by atoms with Crippen LogP contribution >= 0.6 is 0 Å². The maximum Gasteiger partial charge on any atom is 0.433 e. The average Bonchev–Trinajstić information content (AvgIpc) is 2.77. The van der Waals surface area contributed by atoms with Gasteiger partial charge in [-0.25, -0.2) is 15.0 Å². The van der Waals surface area contributed by atoms with E-state index in [1.165, 1.54) is 32.2 Å². The lowest BCUT2D eigenvalue weighted by Crippen LogP contribution is -2.48. The molecular formula is C23H24F3N5O4. The summed E-state index contributed by atoms with van der Waals surface area (Å²) in [6, 6.07) is 4.00. The second-order valence-corrected chi connectivity index (χ2v) is 8.56. The van der Waals surface area contributed by atoms with Crippen LogP contribution in [0.15, 0.2) is 29.2 Å². The first-order valence-electron chi connectivity index (χ1n) is 11.0. The molecule has 4 heterocycles. The predicted molar refractivity (Wildman–Crippen MR) is 119 cm³/mol. The molecule has 12 heteroatoms. The Morgan fingerprint density at radius 3 is 2.51 bits per heavy atom. The second-order valence-electron chi connectivity index (χ2n) is 8.56. The van der Waals surface area contributed by atoms with Crippen molar-refractivity contribution in [2.24, 2.45) is 0 Å². The van der Waals surface area contributed by atoms with Crippen LogP contribution in [0.25, 0.3) is 11.0 Å². The summed E-state index contributed by atoms with van der Waals surface area (Å²) in [5.74, 6) is -0.0545. The molecule has 1 aliphatic rings. The van der Waals surface area contributed by atoms with Crippen LogP contribution in [0.3, 0.4) is 0 Å². The molecule has 0 radical (unpaired) electrons. The zero-order valence-corrected chi connectivity index (χ0v) is 19.5. The van der Waals surface area contributed by atoms with Crippen molar-refractivity contribution >= 4 is 16.9 Å². The standard InChI is InChI=1S/C23H24F3N5O4/c1-11-9-31(10-12(2)34-11)22(33)15-5-6-18(27-8-15)35-13(3)16-7-17-20(28-14(4)29-21(17)32)30-19(16)23(24,25)26/h5-8,11-13H,9-10H2,1-4H3,(H,28,29,30,32). The van der Waals surface area contributed by atoms with Crippen molar-refractivity contribution < 1.29 is 27.4 Å². The van der Waals surface area contributed by atoms with Gasteiger partial charge in [-0.2, -0.15) is 13.2 Å². The number of hydrogen-bond acceptors (Lipinski definition) is 7. The fourth-order valence-electron chi connectivity index (χ4n) is 4.07. The molecule has 1 saturated heterocycles. The third-order valence-electron chi connectivity index (χ3n) is 5.54. The molecule has 1 fully saturated rings. The number of morpholine rings is 1. The predicted octanol–water partition coefficient (Wildman–Crippen LogP) is 3.43. The molecule has 3 aromatic heterocycles. The van der Waals surface area contributed by atoms with E-state index >= 15 is 0 Å². The van der Waals surface area contributed by atoms with Gasteiger partial charge in [-0.05, 0) is 39.8 Å². The molecule has 0 bridgehead atoms. The smallest absolute Gasteiger partial charge is 0.433 e. The summed E-state index contributed by atoms with van der Waals surface area (Å²) in [7, 11) is 0. The molecule has 0 saturated carbocycles. The fourth-order valence-corrected chi connectivity index (χ4v) is 4.07. The third kappa shape index (κ3) is 5.26. The molecule has 0 aliphatic carbocycles. The zero-order valence-electron chi connectivity index (χ0n) is 19.5. The number of carbonyl (C=O) groups excluding carboxylic acids is 1. The van der Waals surface area contributed by atoms with Gasteiger partial charge in [-0.15, -0.1) is 0 Å². The van der Waals surface area contributed by atoms with Crippen molar-refractivity contribution in [3.05, 3.63) is 57.4 Å². The number of H-pyrrole nitrogens is 1. The Morgan fingerprint density at radius 2 is 1.91 bits per heavy atom. The van der Waals surface area contributed by atoms with Gasteiger partial charge in [0.15, 0.2) is 11.3 Å². The Morgan fingerprint density at radius 1 is 1.23 bits per heavy atom. The summed E-state index contributed by atoms with van der Waals surface area (Å²) in [5, 5.41) is -0.0862. The minimum Gasteiger partial charge on any atom is -0.470 e. The first-order chi connectivity index (χ1) is 16.4. The highest BCUT2D eigenvalue weighted by Crippen LogP contribution is 2.35. The quantitative estimate of drug-likeness (QED) is 0.595. The molecule has 1 amide bonds. The van der Waals surface area contributed by atoms with Gasteiger partial charge >= 0.3 is 6.18 Å². The first-order valence-corrected chi connectivity index (χ1v) is 11.0. The van der Waals surface area contributed by atoms with Crippen molar-refractivity contribution in [2.75, 3.05) is 13.1 Å². The van der Waals surface area contributed by atoms with Crippen molar-refractivity contribution in [2.45, 2.75) is 52.2 Å². The van der Waals surface area contributed by atoms with Crippen LogP contribution in [0.5, 0.6) is 5.88 Å². The molecule has 1 N–H and O–H groups in total. The van der Waals surface area contributed by atoms with E-state index in [4.69, 9.17) is 9.47 Å². The van der Waals surface area contributed by atoms with Crippen molar-refractivity contribution in [3.8, 4) is 5.88 Å². The van der Waals surface area contributed by atoms with Gasteiger partial charge in [0.25, 0.3) is 11.5 Å². The number of alkyl halides is 3. The van der Waals surface area contributed by atoms with E-state index in [1.54, 1.807) is 4.90 Å². The van der Waals surface area contributed by atoms with Gasteiger partial charge in [-0.3, -0.25) is 9.59 Å². The lowest BCUT2D eigenvalue weighted by atomic mass is 10.1. The Bertz CT molecular complexity index is 1300. The normalized spacial score (nSPS) is 19.6. The number of nitrogens with zero attached hydrogens (tertiary/aromatic N) is 4. The topological polar surface area (TPSA) is 110 Å². The number of aromatic nitrogens is 4. The van der Waals surface area contributed by atoms with E-state index < -0.39 is 23.5 Å². The molecule has 186 valence electrons. The minimum atomic E-state index is -4.80. The number of aryl methyl sites for hydroxylation is 1.